The van der Waals surface area contributed by atoms with Crippen LogP contribution in [-0.2, 0) is 0 Å². The van der Waals surface area contributed by atoms with E-state index in [0.29, 0.717) is 22.5 Å². The number of hydrazone groups is 1. The monoisotopic (exact) mass is 588 g/mol. The van der Waals surface area contributed by atoms with Crippen LogP contribution in [0.25, 0.3) is 11.0 Å². The zero-order valence-electron chi connectivity index (χ0n) is 15.8. The summed E-state index contributed by atoms with van der Waals surface area (Å²) in [4.78, 5) is 12.4. The molecule has 2 N–H and O–H groups in total. The van der Waals surface area contributed by atoms with E-state index < -0.39 is 5.91 Å². The predicted molar refractivity (Wildman–Crippen MR) is 130 cm³/mol. The van der Waals surface area contributed by atoms with Crippen LogP contribution in [0.15, 0.2) is 90.9 Å². The molecular formula is C22H14BrIN4O3. The van der Waals surface area contributed by atoms with Crippen molar-refractivity contribution in [3.05, 3.63) is 86.1 Å². The van der Waals surface area contributed by atoms with E-state index in [4.69, 9.17) is 4.42 Å². The Morgan fingerprint density at radius 1 is 1.03 bits per heavy atom. The summed E-state index contributed by atoms with van der Waals surface area (Å²) in [6, 6.07) is 19.4. The molecular weight excluding hydrogens is 575 g/mol. The third-order valence-electron chi connectivity index (χ3n) is 4.18. The van der Waals surface area contributed by atoms with E-state index in [0.717, 1.165) is 13.4 Å². The fourth-order valence-corrected chi connectivity index (χ4v) is 4.38. The van der Waals surface area contributed by atoms with Crippen LogP contribution >= 0.6 is 38.5 Å². The Bertz CT molecular complexity index is 1320. The fraction of sp³-hybridized carbons (Fsp3) is 0. The second-order valence-electron chi connectivity index (χ2n) is 6.39. The average molecular weight is 589 g/mol. The number of nitrogens with zero attached hydrogens (tertiary/aromatic N) is 3. The van der Waals surface area contributed by atoms with E-state index in [1.807, 2.05) is 42.5 Å². The summed E-state index contributed by atoms with van der Waals surface area (Å²) in [7, 11) is 0. The molecule has 0 aliphatic rings. The van der Waals surface area contributed by atoms with Gasteiger partial charge in [0.25, 0.3) is 0 Å². The van der Waals surface area contributed by atoms with Crippen LogP contribution in [0.3, 0.4) is 0 Å². The highest BCUT2D eigenvalue weighted by atomic mass is 127. The first kappa shape index (κ1) is 21.2. The van der Waals surface area contributed by atoms with Gasteiger partial charge in [-0.1, -0.05) is 34.1 Å². The van der Waals surface area contributed by atoms with E-state index in [2.05, 4.69) is 59.3 Å². The first-order chi connectivity index (χ1) is 15.0. The van der Waals surface area contributed by atoms with Crippen molar-refractivity contribution in [3.63, 3.8) is 0 Å². The molecule has 4 aromatic rings. The van der Waals surface area contributed by atoms with Gasteiger partial charge in [-0.15, -0.1) is 0 Å². The third kappa shape index (κ3) is 5.17. The molecule has 1 amide bonds. The zero-order chi connectivity index (χ0) is 21.8. The van der Waals surface area contributed by atoms with Crippen LogP contribution in [-0.4, -0.2) is 17.2 Å². The number of halogens is 2. The van der Waals surface area contributed by atoms with Crippen molar-refractivity contribution in [2.75, 3.05) is 0 Å². The van der Waals surface area contributed by atoms with Gasteiger partial charge in [0.2, 0.25) is 0 Å². The molecule has 0 spiro atoms. The van der Waals surface area contributed by atoms with Gasteiger partial charge in [0.05, 0.1) is 21.2 Å². The van der Waals surface area contributed by atoms with Crippen LogP contribution in [0.2, 0.25) is 0 Å². The van der Waals surface area contributed by atoms with Gasteiger partial charge in [0.15, 0.2) is 5.76 Å². The van der Waals surface area contributed by atoms with Crippen molar-refractivity contribution >= 4 is 73.0 Å². The largest absolute Gasteiger partial charge is 0.507 e. The lowest BCUT2D eigenvalue weighted by molar-refractivity contribution is 0.0929. The van der Waals surface area contributed by atoms with Gasteiger partial charge in [0, 0.05) is 15.4 Å². The summed E-state index contributed by atoms with van der Waals surface area (Å²) in [5.74, 6) is -0.364. The molecule has 0 atom stereocenters. The van der Waals surface area contributed by atoms with E-state index in [9.17, 15) is 9.90 Å². The highest BCUT2D eigenvalue weighted by Gasteiger charge is 2.14. The predicted octanol–water partition coefficient (Wildman–Crippen LogP) is 6.68. The SMILES string of the molecule is O=C(N/N=C\c1cc(N=Nc2ccccc2)ccc1O)c1cc2cc(Br)cc(I)c2o1. The van der Waals surface area contributed by atoms with Gasteiger partial charge in [-0.2, -0.15) is 15.3 Å². The molecule has 31 heavy (non-hydrogen) atoms. The van der Waals surface area contributed by atoms with Crippen molar-refractivity contribution in [3.8, 4) is 5.75 Å². The minimum absolute atomic E-state index is 0.000184. The number of fused-ring (bicyclic) bond motifs is 1. The number of furan rings is 1. The second-order valence-corrected chi connectivity index (χ2v) is 8.47. The topological polar surface area (TPSA) is 99.6 Å². The molecule has 0 aliphatic carbocycles. The van der Waals surface area contributed by atoms with Gasteiger partial charge in [0.1, 0.15) is 11.3 Å². The fourth-order valence-electron chi connectivity index (χ4n) is 2.72. The van der Waals surface area contributed by atoms with Gasteiger partial charge in [-0.25, -0.2) is 5.43 Å². The molecule has 0 saturated carbocycles. The first-order valence-electron chi connectivity index (χ1n) is 9.01. The maximum Gasteiger partial charge on any atom is 0.307 e. The summed E-state index contributed by atoms with van der Waals surface area (Å²) < 4.78 is 7.43. The number of phenolic OH excluding ortho intramolecular Hbond substituents is 1. The number of carbonyl (C=O) groups is 1. The number of aromatic hydroxyl groups is 1. The summed E-state index contributed by atoms with van der Waals surface area (Å²) in [5, 5.41) is 23.1. The normalized spacial score (nSPS) is 11.5. The molecule has 4 rings (SSSR count). The average Bonchev–Trinajstić information content (AvgIpc) is 3.19. The lowest BCUT2D eigenvalue weighted by Gasteiger charge is -2.00. The second kappa shape index (κ2) is 9.40. The van der Waals surface area contributed by atoms with Crippen molar-refractivity contribution in [2.45, 2.75) is 0 Å². The van der Waals surface area contributed by atoms with Crippen molar-refractivity contribution in [2.24, 2.45) is 15.3 Å². The van der Waals surface area contributed by atoms with E-state index >= 15 is 0 Å². The molecule has 0 unspecified atom stereocenters. The van der Waals surface area contributed by atoms with E-state index in [1.54, 1.807) is 18.2 Å². The van der Waals surface area contributed by atoms with Crippen molar-refractivity contribution in [1.29, 1.82) is 0 Å². The number of nitrogens with one attached hydrogen (secondary N) is 1. The summed E-state index contributed by atoms with van der Waals surface area (Å²) in [6.45, 7) is 0. The molecule has 0 saturated heterocycles. The number of hydrogen-bond donors (Lipinski definition) is 2. The number of azo groups is 1. The number of hydrogen-bond acceptors (Lipinski definition) is 6. The highest BCUT2D eigenvalue weighted by Crippen LogP contribution is 2.28. The molecule has 1 aromatic heterocycles. The molecule has 3 aromatic carbocycles. The summed E-state index contributed by atoms with van der Waals surface area (Å²) >= 11 is 5.57. The smallest absolute Gasteiger partial charge is 0.307 e. The van der Waals surface area contributed by atoms with E-state index in [1.165, 1.54) is 12.3 Å². The zero-order valence-corrected chi connectivity index (χ0v) is 19.5. The van der Waals surface area contributed by atoms with E-state index in [-0.39, 0.29) is 11.5 Å². The number of carbonyl (C=O) groups excluding carboxylic acids is 1. The van der Waals surface area contributed by atoms with Gasteiger partial charge < -0.3 is 9.52 Å². The van der Waals surface area contributed by atoms with Gasteiger partial charge in [-0.3, -0.25) is 4.79 Å². The quantitative estimate of drug-likeness (QED) is 0.118. The highest BCUT2D eigenvalue weighted by molar-refractivity contribution is 14.1. The maximum absolute atomic E-state index is 12.4. The molecule has 0 aliphatic heterocycles. The molecule has 0 fully saturated rings. The first-order valence-corrected chi connectivity index (χ1v) is 10.9. The van der Waals surface area contributed by atoms with Crippen LogP contribution in [0, 0.1) is 3.57 Å². The molecule has 0 bridgehead atoms. The number of phenols is 1. The van der Waals surface area contributed by atoms with Crippen LogP contribution in [0.4, 0.5) is 11.4 Å². The molecule has 9 heteroatoms. The van der Waals surface area contributed by atoms with Crippen molar-refractivity contribution in [1.82, 2.24) is 5.43 Å². The Balaban J connectivity index is 1.48. The minimum atomic E-state index is -0.501. The van der Waals surface area contributed by atoms with Crippen LogP contribution < -0.4 is 5.43 Å². The summed E-state index contributed by atoms with van der Waals surface area (Å²) in [5.41, 5.74) is 4.67. The molecule has 1 heterocycles. The molecule has 0 radical (unpaired) electrons. The Labute approximate surface area is 199 Å². The number of rotatable bonds is 5. The summed E-state index contributed by atoms with van der Waals surface area (Å²) in [6.07, 6.45) is 1.33. The maximum atomic E-state index is 12.4. The Kier molecular flexibility index (Phi) is 6.42. The van der Waals surface area contributed by atoms with Crippen LogP contribution in [0.1, 0.15) is 16.1 Å². The minimum Gasteiger partial charge on any atom is -0.507 e. The lowest BCUT2D eigenvalue weighted by Crippen LogP contribution is -2.16. The number of amides is 1. The molecule has 154 valence electrons. The Morgan fingerprint density at radius 2 is 1.81 bits per heavy atom. The third-order valence-corrected chi connectivity index (χ3v) is 5.44. The lowest BCUT2D eigenvalue weighted by atomic mass is 10.2. The van der Waals surface area contributed by atoms with Crippen LogP contribution in [0.5, 0.6) is 5.75 Å². The Hall–Kier alpha value is -3.05. The van der Waals surface area contributed by atoms with Gasteiger partial charge in [-0.05, 0) is 71.1 Å². The van der Waals surface area contributed by atoms with Gasteiger partial charge >= 0.3 is 5.91 Å². The standard InChI is InChI=1S/C22H14BrIN4O3/c23-15-8-13-10-20(31-21(13)18(24)11-15)22(30)28-25-12-14-9-17(6-7-19(14)29)27-26-16-4-2-1-3-5-16/h1-12,29H,(H,28,30)/b25-12-,27-26?. The molecule has 7 nitrogen and oxygen atoms in total. The van der Waals surface area contributed by atoms with Crippen molar-refractivity contribution < 1.29 is 14.3 Å². The number of benzene rings is 3. The Morgan fingerprint density at radius 3 is 2.61 bits per heavy atom.